The molecule has 0 fully saturated rings. The summed E-state index contributed by atoms with van der Waals surface area (Å²) >= 11 is 2.14. The molecule has 2 aromatic carbocycles. The van der Waals surface area contributed by atoms with Crippen molar-refractivity contribution in [3.05, 3.63) is 56.5 Å². The van der Waals surface area contributed by atoms with Crippen LogP contribution in [-0.2, 0) is 10.0 Å². The molecule has 0 bridgehead atoms. The van der Waals surface area contributed by atoms with E-state index in [1.54, 1.807) is 18.2 Å². The van der Waals surface area contributed by atoms with Crippen LogP contribution in [0.25, 0.3) is 11.0 Å². The van der Waals surface area contributed by atoms with Crippen molar-refractivity contribution >= 4 is 49.3 Å². The van der Waals surface area contributed by atoms with Gasteiger partial charge in [0.25, 0.3) is 10.0 Å². The van der Waals surface area contributed by atoms with Crippen molar-refractivity contribution in [1.82, 2.24) is 9.97 Å². The zero-order valence-electron chi connectivity index (χ0n) is 10.6. The number of aromatic amines is 2. The van der Waals surface area contributed by atoms with Gasteiger partial charge in [-0.3, -0.25) is 4.72 Å². The van der Waals surface area contributed by atoms with Crippen LogP contribution < -0.4 is 10.4 Å². The van der Waals surface area contributed by atoms with Gasteiger partial charge in [0, 0.05) is 9.26 Å². The van der Waals surface area contributed by atoms with Crippen molar-refractivity contribution in [2.24, 2.45) is 0 Å². The SMILES string of the molecule is O=c1[nH]c2ccc(S(=O)(=O)Nc3ccc(I)cc3)cc2[nH]1. The fourth-order valence-electron chi connectivity index (χ4n) is 1.91. The van der Waals surface area contributed by atoms with Gasteiger partial charge in [0.05, 0.1) is 15.9 Å². The molecule has 0 aliphatic heterocycles. The molecule has 0 amide bonds. The largest absolute Gasteiger partial charge is 0.323 e. The van der Waals surface area contributed by atoms with E-state index in [0.29, 0.717) is 16.7 Å². The minimum atomic E-state index is -3.70. The van der Waals surface area contributed by atoms with Gasteiger partial charge in [-0.15, -0.1) is 0 Å². The van der Waals surface area contributed by atoms with Gasteiger partial charge in [-0.1, -0.05) is 0 Å². The van der Waals surface area contributed by atoms with Crippen LogP contribution in [-0.4, -0.2) is 18.4 Å². The monoisotopic (exact) mass is 415 g/mol. The standard InChI is InChI=1S/C13H10IN3O3S/c14-8-1-3-9(4-2-8)17-21(19,20)10-5-6-11-12(7-10)16-13(18)15-11/h1-7,17H,(H2,15,16,18). The Balaban J connectivity index is 1.99. The van der Waals surface area contributed by atoms with E-state index in [1.165, 1.54) is 12.1 Å². The second-order valence-corrected chi connectivity index (χ2v) is 7.33. The molecule has 0 atom stereocenters. The third kappa shape index (κ3) is 2.95. The van der Waals surface area contributed by atoms with Crippen LogP contribution in [0.2, 0.25) is 0 Å². The molecule has 0 unspecified atom stereocenters. The number of rotatable bonds is 3. The van der Waals surface area contributed by atoms with E-state index in [2.05, 4.69) is 37.3 Å². The highest BCUT2D eigenvalue weighted by molar-refractivity contribution is 14.1. The van der Waals surface area contributed by atoms with Crippen molar-refractivity contribution < 1.29 is 8.42 Å². The number of nitrogens with one attached hydrogen (secondary N) is 3. The molecule has 108 valence electrons. The summed E-state index contributed by atoms with van der Waals surface area (Å²) in [7, 11) is -3.70. The van der Waals surface area contributed by atoms with Crippen molar-refractivity contribution in [1.29, 1.82) is 0 Å². The van der Waals surface area contributed by atoms with Crippen molar-refractivity contribution in [2.45, 2.75) is 4.90 Å². The van der Waals surface area contributed by atoms with Gasteiger partial charge in [-0.25, -0.2) is 13.2 Å². The zero-order valence-corrected chi connectivity index (χ0v) is 13.5. The van der Waals surface area contributed by atoms with E-state index >= 15 is 0 Å². The predicted molar refractivity (Wildman–Crippen MR) is 88.9 cm³/mol. The number of fused-ring (bicyclic) bond motifs is 1. The second kappa shape index (κ2) is 5.19. The van der Waals surface area contributed by atoms with Crippen molar-refractivity contribution in [3.8, 4) is 0 Å². The first-order valence-electron chi connectivity index (χ1n) is 5.94. The lowest BCUT2D eigenvalue weighted by atomic mass is 10.3. The highest BCUT2D eigenvalue weighted by Crippen LogP contribution is 2.19. The predicted octanol–water partition coefficient (Wildman–Crippen LogP) is 2.26. The average molecular weight is 415 g/mol. The first kappa shape index (κ1) is 14.1. The lowest BCUT2D eigenvalue weighted by Crippen LogP contribution is -2.12. The van der Waals surface area contributed by atoms with E-state index < -0.39 is 10.0 Å². The number of aromatic nitrogens is 2. The number of hydrogen-bond donors (Lipinski definition) is 3. The molecule has 1 aromatic heterocycles. The van der Waals surface area contributed by atoms with Crippen LogP contribution in [0.5, 0.6) is 0 Å². The Morgan fingerprint density at radius 3 is 2.33 bits per heavy atom. The lowest BCUT2D eigenvalue weighted by molar-refractivity contribution is 0.601. The minimum absolute atomic E-state index is 0.0869. The van der Waals surface area contributed by atoms with Crippen LogP contribution in [0.15, 0.2) is 52.2 Å². The summed E-state index contributed by atoms with van der Waals surface area (Å²) in [5, 5.41) is 0. The first-order chi connectivity index (χ1) is 9.94. The summed E-state index contributed by atoms with van der Waals surface area (Å²) in [5.74, 6) is 0. The number of sulfonamides is 1. The molecule has 0 aliphatic rings. The van der Waals surface area contributed by atoms with Crippen molar-refractivity contribution in [3.63, 3.8) is 0 Å². The highest BCUT2D eigenvalue weighted by atomic mass is 127. The topological polar surface area (TPSA) is 94.8 Å². The molecule has 3 rings (SSSR count). The van der Waals surface area contributed by atoms with Crippen LogP contribution in [0, 0.1) is 3.57 Å². The van der Waals surface area contributed by atoms with Crippen LogP contribution in [0.1, 0.15) is 0 Å². The average Bonchev–Trinajstić information content (AvgIpc) is 2.80. The number of benzene rings is 2. The van der Waals surface area contributed by atoms with Crippen molar-refractivity contribution in [2.75, 3.05) is 4.72 Å². The fraction of sp³-hybridized carbons (Fsp3) is 0. The number of imidazole rings is 1. The van der Waals surface area contributed by atoms with E-state index in [1.807, 2.05) is 12.1 Å². The number of halogens is 1. The number of H-pyrrole nitrogens is 2. The molecule has 6 nitrogen and oxygen atoms in total. The van der Waals surface area contributed by atoms with E-state index in [9.17, 15) is 13.2 Å². The molecular formula is C13H10IN3O3S. The van der Waals surface area contributed by atoms with E-state index in [0.717, 1.165) is 3.57 Å². The summed E-state index contributed by atoms with van der Waals surface area (Å²) in [6, 6.07) is 11.4. The Kier molecular flexibility index (Phi) is 3.49. The summed E-state index contributed by atoms with van der Waals surface area (Å²) in [4.78, 5) is 16.4. The Labute approximate surface area is 133 Å². The third-order valence-corrected chi connectivity index (χ3v) is 4.99. The molecule has 1 heterocycles. The van der Waals surface area contributed by atoms with Gasteiger partial charge in [0.15, 0.2) is 0 Å². The lowest BCUT2D eigenvalue weighted by Gasteiger charge is -2.08. The maximum atomic E-state index is 12.3. The Morgan fingerprint density at radius 1 is 0.952 bits per heavy atom. The molecule has 3 aromatic rings. The summed E-state index contributed by atoms with van der Waals surface area (Å²) in [5.41, 5.74) is 1.13. The zero-order chi connectivity index (χ0) is 15.0. The second-order valence-electron chi connectivity index (χ2n) is 4.40. The van der Waals surface area contributed by atoms with Gasteiger partial charge in [0.1, 0.15) is 0 Å². The Bertz CT molecular complexity index is 958. The van der Waals surface area contributed by atoms with E-state index in [4.69, 9.17) is 0 Å². The summed E-state index contributed by atoms with van der Waals surface area (Å²) < 4.78 is 28.2. The Morgan fingerprint density at radius 2 is 1.62 bits per heavy atom. The third-order valence-electron chi connectivity index (χ3n) is 2.89. The smallest absolute Gasteiger partial charge is 0.306 e. The molecular weight excluding hydrogens is 405 g/mol. The van der Waals surface area contributed by atoms with Crippen LogP contribution in [0.4, 0.5) is 5.69 Å². The molecule has 21 heavy (non-hydrogen) atoms. The molecule has 0 saturated carbocycles. The molecule has 0 aliphatic carbocycles. The quantitative estimate of drug-likeness (QED) is 0.573. The number of hydrogen-bond acceptors (Lipinski definition) is 3. The van der Waals surface area contributed by atoms with Gasteiger partial charge in [-0.2, -0.15) is 0 Å². The molecule has 3 N–H and O–H groups in total. The van der Waals surface area contributed by atoms with Gasteiger partial charge in [0.2, 0.25) is 0 Å². The normalized spacial score (nSPS) is 11.7. The maximum Gasteiger partial charge on any atom is 0.323 e. The molecule has 0 spiro atoms. The first-order valence-corrected chi connectivity index (χ1v) is 8.51. The number of anilines is 1. The molecule has 0 saturated heterocycles. The fourth-order valence-corrected chi connectivity index (χ4v) is 3.35. The minimum Gasteiger partial charge on any atom is -0.306 e. The Hall–Kier alpha value is -1.81. The van der Waals surface area contributed by atoms with Crippen LogP contribution in [0.3, 0.4) is 0 Å². The van der Waals surface area contributed by atoms with E-state index in [-0.39, 0.29) is 10.6 Å². The summed E-state index contributed by atoms with van der Waals surface area (Å²) in [6.45, 7) is 0. The van der Waals surface area contributed by atoms with Gasteiger partial charge in [-0.05, 0) is 65.1 Å². The van der Waals surface area contributed by atoms with Crippen LogP contribution >= 0.6 is 22.6 Å². The maximum absolute atomic E-state index is 12.3. The van der Waals surface area contributed by atoms with Gasteiger partial charge < -0.3 is 9.97 Å². The van der Waals surface area contributed by atoms with Gasteiger partial charge >= 0.3 is 5.69 Å². The molecule has 0 radical (unpaired) electrons. The molecule has 8 heteroatoms. The summed E-state index contributed by atoms with van der Waals surface area (Å²) in [6.07, 6.45) is 0. The highest BCUT2D eigenvalue weighted by Gasteiger charge is 2.15.